The SMILES string of the molecule is COc1ccccc1-c1cc2ccc(N3CC(C)NC(C)C3)cc2c(=O)o1. The van der Waals surface area contributed by atoms with E-state index in [1.165, 1.54) is 0 Å². The van der Waals surface area contributed by atoms with E-state index in [1.807, 2.05) is 42.5 Å². The van der Waals surface area contributed by atoms with Crippen LogP contribution in [0.2, 0.25) is 0 Å². The molecule has 2 unspecified atom stereocenters. The molecule has 0 radical (unpaired) electrons. The zero-order valence-corrected chi connectivity index (χ0v) is 15.9. The number of hydrogen-bond donors (Lipinski definition) is 1. The molecule has 1 saturated heterocycles. The highest BCUT2D eigenvalue weighted by atomic mass is 16.5. The van der Waals surface area contributed by atoms with Crippen molar-refractivity contribution < 1.29 is 9.15 Å². The standard InChI is InChI=1S/C22H24N2O3/c1-14-12-24(13-15(2)23-14)17-9-8-16-10-21(27-22(25)19(16)11-17)18-6-4-5-7-20(18)26-3/h4-11,14-15,23H,12-13H2,1-3H3. The van der Waals surface area contributed by atoms with Gasteiger partial charge < -0.3 is 19.4 Å². The van der Waals surface area contributed by atoms with Crippen molar-refractivity contribution in [1.29, 1.82) is 0 Å². The van der Waals surface area contributed by atoms with E-state index in [4.69, 9.17) is 9.15 Å². The average molecular weight is 364 g/mol. The molecule has 0 spiro atoms. The van der Waals surface area contributed by atoms with E-state index in [-0.39, 0.29) is 5.63 Å². The Kier molecular flexibility index (Phi) is 4.62. The largest absolute Gasteiger partial charge is 0.496 e. The van der Waals surface area contributed by atoms with Gasteiger partial charge in [-0.1, -0.05) is 18.2 Å². The Labute approximate surface area is 158 Å². The van der Waals surface area contributed by atoms with E-state index in [0.717, 1.165) is 29.7 Å². The topological polar surface area (TPSA) is 54.7 Å². The fourth-order valence-corrected chi connectivity index (χ4v) is 3.89. The molecule has 140 valence electrons. The summed E-state index contributed by atoms with van der Waals surface area (Å²) in [7, 11) is 1.61. The van der Waals surface area contributed by atoms with Crippen LogP contribution in [-0.4, -0.2) is 32.3 Å². The fourth-order valence-electron chi connectivity index (χ4n) is 3.89. The zero-order valence-electron chi connectivity index (χ0n) is 15.9. The normalized spacial score (nSPS) is 20.0. The van der Waals surface area contributed by atoms with E-state index in [0.29, 0.717) is 29.0 Å². The van der Waals surface area contributed by atoms with Gasteiger partial charge >= 0.3 is 5.63 Å². The van der Waals surface area contributed by atoms with E-state index < -0.39 is 0 Å². The Morgan fingerprint density at radius 3 is 2.56 bits per heavy atom. The number of para-hydroxylation sites is 1. The van der Waals surface area contributed by atoms with Crippen LogP contribution in [0.25, 0.3) is 22.1 Å². The smallest absolute Gasteiger partial charge is 0.344 e. The number of piperazine rings is 1. The van der Waals surface area contributed by atoms with Gasteiger partial charge in [-0.3, -0.25) is 0 Å². The molecular weight excluding hydrogens is 340 g/mol. The summed E-state index contributed by atoms with van der Waals surface area (Å²) in [5.41, 5.74) is 1.50. The molecule has 0 saturated carbocycles. The highest BCUT2D eigenvalue weighted by molar-refractivity contribution is 5.87. The predicted octanol–water partition coefficient (Wildman–Crippen LogP) is 3.66. The molecule has 2 atom stereocenters. The molecular formula is C22H24N2O3. The molecule has 0 bridgehead atoms. The van der Waals surface area contributed by atoms with Crippen LogP contribution in [0.3, 0.4) is 0 Å². The third kappa shape index (κ3) is 3.43. The monoisotopic (exact) mass is 364 g/mol. The lowest BCUT2D eigenvalue weighted by molar-refractivity contribution is 0.407. The van der Waals surface area contributed by atoms with Crippen molar-refractivity contribution in [3.05, 3.63) is 59.0 Å². The second-order valence-corrected chi connectivity index (χ2v) is 7.24. The molecule has 1 aromatic heterocycles. The molecule has 5 nitrogen and oxygen atoms in total. The Balaban J connectivity index is 1.76. The highest BCUT2D eigenvalue weighted by Gasteiger charge is 2.21. The van der Waals surface area contributed by atoms with Gasteiger partial charge in [0.15, 0.2) is 0 Å². The number of nitrogens with one attached hydrogen (secondary N) is 1. The van der Waals surface area contributed by atoms with Crippen molar-refractivity contribution in [1.82, 2.24) is 5.32 Å². The fraction of sp³-hybridized carbons (Fsp3) is 0.318. The van der Waals surface area contributed by atoms with Crippen molar-refractivity contribution in [3.63, 3.8) is 0 Å². The highest BCUT2D eigenvalue weighted by Crippen LogP contribution is 2.31. The van der Waals surface area contributed by atoms with Crippen molar-refractivity contribution >= 4 is 16.5 Å². The van der Waals surface area contributed by atoms with Gasteiger partial charge in [-0.15, -0.1) is 0 Å². The summed E-state index contributed by atoms with van der Waals surface area (Å²) >= 11 is 0. The summed E-state index contributed by atoms with van der Waals surface area (Å²) in [5.74, 6) is 1.20. The van der Waals surface area contributed by atoms with Gasteiger partial charge in [-0.05, 0) is 49.6 Å². The molecule has 5 heteroatoms. The minimum atomic E-state index is -0.327. The number of fused-ring (bicyclic) bond motifs is 1. The Morgan fingerprint density at radius 2 is 1.81 bits per heavy atom. The summed E-state index contributed by atoms with van der Waals surface area (Å²) < 4.78 is 11.0. The van der Waals surface area contributed by atoms with Crippen molar-refractivity contribution in [2.24, 2.45) is 0 Å². The first-order valence-electron chi connectivity index (χ1n) is 9.27. The molecule has 0 aliphatic carbocycles. The first kappa shape index (κ1) is 17.6. The molecule has 0 amide bonds. The number of anilines is 1. The maximum Gasteiger partial charge on any atom is 0.344 e. The maximum atomic E-state index is 12.7. The van der Waals surface area contributed by atoms with E-state index in [2.05, 4.69) is 30.1 Å². The number of benzene rings is 2. The molecule has 4 rings (SSSR count). The predicted molar refractivity (Wildman–Crippen MR) is 109 cm³/mol. The molecule has 3 aromatic rings. The van der Waals surface area contributed by atoms with Gasteiger partial charge in [0.1, 0.15) is 11.5 Å². The summed E-state index contributed by atoms with van der Waals surface area (Å²) in [4.78, 5) is 15.0. The van der Waals surface area contributed by atoms with Crippen LogP contribution in [0, 0.1) is 0 Å². The van der Waals surface area contributed by atoms with Crippen LogP contribution >= 0.6 is 0 Å². The molecule has 2 aromatic carbocycles. The number of nitrogens with zero attached hydrogens (tertiary/aromatic N) is 1. The lowest BCUT2D eigenvalue weighted by Crippen LogP contribution is -2.54. The lowest BCUT2D eigenvalue weighted by atomic mass is 10.1. The van der Waals surface area contributed by atoms with Crippen LogP contribution < -0.4 is 20.6 Å². The Bertz CT molecular complexity index is 1020. The third-order valence-electron chi connectivity index (χ3n) is 5.04. The van der Waals surface area contributed by atoms with Crippen molar-refractivity contribution in [3.8, 4) is 17.1 Å². The van der Waals surface area contributed by atoms with Crippen LogP contribution in [0.1, 0.15) is 13.8 Å². The summed E-state index contributed by atoms with van der Waals surface area (Å²) in [6, 6.07) is 16.3. The summed E-state index contributed by atoms with van der Waals surface area (Å²) in [5, 5.41) is 5.00. The number of rotatable bonds is 3. The molecule has 1 aliphatic heterocycles. The van der Waals surface area contributed by atoms with Crippen LogP contribution in [0.5, 0.6) is 5.75 Å². The zero-order chi connectivity index (χ0) is 19.0. The van der Waals surface area contributed by atoms with Crippen LogP contribution in [-0.2, 0) is 0 Å². The molecule has 1 fully saturated rings. The molecule has 1 N–H and O–H groups in total. The van der Waals surface area contributed by atoms with Gasteiger partial charge in [-0.25, -0.2) is 4.79 Å². The van der Waals surface area contributed by atoms with E-state index in [9.17, 15) is 4.79 Å². The van der Waals surface area contributed by atoms with Crippen molar-refractivity contribution in [2.75, 3.05) is 25.1 Å². The van der Waals surface area contributed by atoms with E-state index in [1.54, 1.807) is 7.11 Å². The molecule has 27 heavy (non-hydrogen) atoms. The number of methoxy groups -OCH3 is 1. The van der Waals surface area contributed by atoms with Gasteiger partial charge in [0, 0.05) is 30.9 Å². The lowest BCUT2D eigenvalue weighted by Gasteiger charge is -2.37. The summed E-state index contributed by atoms with van der Waals surface area (Å²) in [6.07, 6.45) is 0. The van der Waals surface area contributed by atoms with Gasteiger partial charge in [0.05, 0.1) is 18.1 Å². The Hall–Kier alpha value is -2.79. The summed E-state index contributed by atoms with van der Waals surface area (Å²) in [6.45, 7) is 6.19. The maximum absolute atomic E-state index is 12.7. The number of ether oxygens (including phenoxy) is 1. The van der Waals surface area contributed by atoms with Crippen LogP contribution in [0.4, 0.5) is 5.69 Å². The Morgan fingerprint density at radius 1 is 1.07 bits per heavy atom. The van der Waals surface area contributed by atoms with Crippen LogP contribution in [0.15, 0.2) is 57.7 Å². The second-order valence-electron chi connectivity index (χ2n) is 7.24. The third-order valence-corrected chi connectivity index (χ3v) is 5.04. The minimum Gasteiger partial charge on any atom is -0.496 e. The van der Waals surface area contributed by atoms with Crippen molar-refractivity contribution in [2.45, 2.75) is 25.9 Å². The second kappa shape index (κ2) is 7.08. The van der Waals surface area contributed by atoms with Gasteiger partial charge in [0.25, 0.3) is 0 Å². The minimum absolute atomic E-state index is 0.327. The number of hydrogen-bond acceptors (Lipinski definition) is 5. The van der Waals surface area contributed by atoms with Gasteiger partial charge in [0.2, 0.25) is 0 Å². The molecule has 1 aliphatic rings. The average Bonchev–Trinajstić information content (AvgIpc) is 2.67. The molecule has 2 heterocycles. The quantitative estimate of drug-likeness (QED) is 0.769. The first-order chi connectivity index (χ1) is 13.0. The van der Waals surface area contributed by atoms with Gasteiger partial charge in [-0.2, -0.15) is 0 Å². The van der Waals surface area contributed by atoms with E-state index >= 15 is 0 Å². The first-order valence-corrected chi connectivity index (χ1v) is 9.27.